The Morgan fingerprint density at radius 2 is 1.83 bits per heavy atom. The highest BCUT2D eigenvalue weighted by atomic mass is 16.5. The lowest BCUT2D eigenvalue weighted by Crippen LogP contribution is -2.49. The smallest absolute Gasteiger partial charge is 0.414 e. The number of allylic oxidation sites excluding steroid dienone is 1. The van der Waals surface area contributed by atoms with Crippen LogP contribution in [0.25, 0.3) is 0 Å². The molecule has 2 bridgehead atoms. The number of nitrogens with zero attached hydrogens (tertiary/aromatic N) is 2. The minimum atomic E-state index is -1.82. The minimum Gasteiger partial charge on any atom is -0.497 e. The van der Waals surface area contributed by atoms with Crippen molar-refractivity contribution in [1.29, 1.82) is 0 Å². The van der Waals surface area contributed by atoms with Crippen molar-refractivity contribution < 1.29 is 34.4 Å². The zero-order valence-corrected chi connectivity index (χ0v) is 20.9. The number of aliphatic hydroxyl groups excluding tert-OH is 1. The Bertz CT molecular complexity index is 897. The number of carboxylic acid groups (broad SMARTS) is 2. The maximum absolute atomic E-state index is 10.4. The van der Waals surface area contributed by atoms with Gasteiger partial charge in [0.25, 0.3) is 0 Å². The van der Waals surface area contributed by atoms with Gasteiger partial charge in [-0.3, -0.25) is 4.90 Å². The second-order valence-corrected chi connectivity index (χ2v) is 10.1. The molecule has 1 aromatic carbocycles. The first-order chi connectivity index (χ1) is 16.6. The largest absolute Gasteiger partial charge is 0.497 e. The molecule has 2 fully saturated rings. The Kier molecular flexibility index (Phi) is 9.15. The maximum atomic E-state index is 10.4. The normalized spacial score (nSPS) is 23.8. The molecule has 0 radical (unpaired) electrons. The molecule has 3 atom stereocenters. The zero-order chi connectivity index (χ0) is 25.6. The zero-order valence-electron chi connectivity index (χ0n) is 20.9. The Labute approximate surface area is 206 Å². The van der Waals surface area contributed by atoms with Crippen molar-refractivity contribution in [3.05, 3.63) is 35.9 Å². The molecule has 3 aliphatic carbocycles. The number of ether oxygens (including phenoxy) is 2. The lowest BCUT2D eigenvalue weighted by atomic mass is 9.49. The third-order valence-corrected chi connectivity index (χ3v) is 7.60. The van der Waals surface area contributed by atoms with Crippen LogP contribution in [0.4, 0.5) is 5.69 Å². The third kappa shape index (κ3) is 6.96. The summed E-state index contributed by atoms with van der Waals surface area (Å²) in [6, 6.07) is 8.23. The summed E-state index contributed by atoms with van der Waals surface area (Å²) in [5, 5.41) is 25.2. The Hall–Kier alpha value is -2.62. The first-order valence-electron chi connectivity index (χ1n) is 12.1. The molecule has 1 heterocycles. The molecule has 194 valence electrons. The van der Waals surface area contributed by atoms with Gasteiger partial charge in [0.2, 0.25) is 0 Å². The Balaban J connectivity index is 0.000000509. The number of hydrogen-bond donors (Lipinski definition) is 3. The number of hydrogen-bond acceptors (Lipinski definition) is 7. The van der Waals surface area contributed by atoms with Crippen LogP contribution in [0.15, 0.2) is 35.9 Å². The van der Waals surface area contributed by atoms with Crippen LogP contribution in [-0.4, -0.2) is 91.3 Å². The predicted molar refractivity (Wildman–Crippen MR) is 132 cm³/mol. The van der Waals surface area contributed by atoms with Crippen LogP contribution >= 0.6 is 0 Å². The van der Waals surface area contributed by atoms with Crippen molar-refractivity contribution in [2.45, 2.75) is 32.8 Å². The van der Waals surface area contributed by atoms with Crippen LogP contribution in [0, 0.1) is 17.3 Å². The summed E-state index contributed by atoms with van der Waals surface area (Å²) in [6.45, 7) is 10.4. The van der Waals surface area contributed by atoms with Crippen LogP contribution in [0.3, 0.4) is 0 Å². The highest BCUT2D eigenvalue weighted by molar-refractivity contribution is 6.27. The number of benzene rings is 1. The summed E-state index contributed by atoms with van der Waals surface area (Å²) >= 11 is 0. The molecule has 4 aliphatic rings. The van der Waals surface area contributed by atoms with Gasteiger partial charge in [0, 0.05) is 44.5 Å². The molecular formula is C26H38N2O7. The quantitative estimate of drug-likeness (QED) is 0.372. The molecule has 0 spiro atoms. The van der Waals surface area contributed by atoms with E-state index in [0.29, 0.717) is 31.1 Å². The van der Waals surface area contributed by atoms with Crippen LogP contribution in [0.1, 0.15) is 26.7 Å². The van der Waals surface area contributed by atoms with E-state index < -0.39 is 18.0 Å². The van der Waals surface area contributed by atoms with Gasteiger partial charge in [-0.15, -0.1) is 0 Å². The molecule has 9 heteroatoms. The highest BCUT2D eigenvalue weighted by Gasteiger charge is 2.50. The molecule has 35 heavy (non-hydrogen) atoms. The monoisotopic (exact) mass is 490 g/mol. The van der Waals surface area contributed by atoms with Gasteiger partial charge >= 0.3 is 11.9 Å². The molecule has 3 unspecified atom stereocenters. The van der Waals surface area contributed by atoms with Gasteiger partial charge in [-0.25, -0.2) is 9.59 Å². The Morgan fingerprint density at radius 3 is 2.40 bits per heavy atom. The van der Waals surface area contributed by atoms with Crippen LogP contribution in [-0.2, 0) is 14.3 Å². The molecule has 1 saturated carbocycles. The van der Waals surface area contributed by atoms with E-state index in [1.807, 2.05) is 12.1 Å². The number of aliphatic carboxylic acids is 2. The van der Waals surface area contributed by atoms with Crippen molar-refractivity contribution in [3.63, 3.8) is 0 Å². The number of carbonyl (C=O) groups is 2. The molecule has 1 aromatic rings. The van der Waals surface area contributed by atoms with Gasteiger partial charge in [0.15, 0.2) is 0 Å². The van der Waals surface area contributed by atoms with Crippen molar-refractivity contribution >= 4 is 17.6 Å². The molecule has 0 aromatic heterocycles. The van der Waals surface area contributed by atoms with E-state index in [9.17, 15) is 5.11 Å². The number of anilines is 1. The average Bonchev–Trinajstić information content (AvgIpc) is 2.85. The first-order valence-corrected chi connectivity index (χ1v) is 12.1. The van der Waals surface area contributed by atoms with Crippen molar-refractivity contribution in [1.82, 2.24) is 4.90 Å². The fraction of sp³-hybridized carbons (Fsp3) is 0.615. The molecule has 5 rings (SSSR count). The van der Waals surface area contributed by atoms with Gasteiger partial charge in [0.05, 0.1) is 26.4 Å². The SMILES string of the molecule is COc1cccc(N2CCN(CC(O)COCC3=CCC4CC3C4(C)C)CC2)c1.O=C(O)C(=O)O. The van der Waals surface area contributed by atoms with E-state index in [-0.39, 0.29) is 0 Å². The van der Waals surface area contributed by atoms with Crippen molar-refractivity contribution in [3.8, 4) is 5.75 Å². The number of carboxylic acids is 2. The van der Waals surface area contributed by atoms with E-state index in [1.54, 1.807) is 7.11 Å². The summed E-state index contributed by atoms with van der Waals surface area (Å²) in [6.07, 6.45) is 4.48. The van der Waals surface area contributed by atoms with E-state index >= 15 is 0 Å². The summed E-state index contributed by atoms with van der Waals surface area (Å²) < 4.78 is 11.2. The van der Waals surface area contributed by atoms with Crippen LogP contribution in [0.2, 0.25) is 0 Å². The number of aliphatic hydroxyl groups is 1. The predicted octanol–water partition coefficient (Wildman–Crippen LogP) is 2.34. The van der Waals surface area contributed by atoms with Gasteiger partial charge in [0.1, 0.15) is 5.75 Å². The summed E-state index contributed by atoms with van der Waals surface area (Å²) in [7, 11) is 1.70. The second-order valence-electron chi connectivity index (χ2n) is 10.1. The lowest BCUT2D eigenvalue weighted by molar-refractivity contribution is -0.159. The summed E-state index contributed by atoms with van der Waals surface area (Å²) in [5.41, 5.74) is 3.10. The molecule has 0 amide bonds. The number of methoxy groups -OCH3 is 1. The molecular weight excluding hydrogens is 452 g/mol. The topological polar surface area (TPSA) is 120 Å². The van der Waals surface area contributed by atoms with Crippen molar-refractivity contribution in [2.75, 3.05) is 57.9 Å². The lowest BCUT2D eigenvalue weighted by Gasteiger charge is -2.56. The van der Waals surface area contributed by atoms with Gasteiger partial charge < -0.3 is 29.7 Å². The minimum absolute atomic E-state index is 0.421. The van der Waals surface area contributed by atoms with Crippen LogP contribution < -0.4 is 9.64 Å². The van der Waals surface area contributed by atoms with E-state index in [1.165, 1.54) is 24.1 Å². The number of fused-ring (bicyclic) bond motifs is 1. The average molecular weight is 491 g/mol. The Morgan fingerprint density at radius 1 is 1.14 bits per heavy atom. The van der Waals surface area contributed by atoms with Gasteiger partial charge in [-0.2, -0.15) is 0 Å². The molecule has 1 saturated heterocycles. The van der Waals surface area contributed by atoms with Crippen molar-refractivity contribution in [2.24, 2.45) is 17.3 Å². The van der Waals surface area contributed by atoms with E-state index in [2.05, 4.69) is 41.9 Å². The van der Waals surface area contributed by atoms with E-state index in [0.717, 1.165) is 37.8 Å². The number of piperazine rings is 1. The van der Waals surface area contributed by atoms with E-state index in [4.69, 9.17) is 29.3 Å². The highest BCUT2D eigenvalue weighted by Crippen LogP contribution is 2.59. The fourth-order valence-corrected chi connectivity index (χ4v) is 5.30. The maximum Gasteiger partial charge on any atom is 0.414 e. The molecule has 9 nitrogen and oxygen atoms in total. The number of β-amino-alcohol motifs (C(OH)–C–C–N with tert-alkyl or cyclic N) is 1. The molecule has 3 N–H and O–H groups in total. The standard InChI is InChI=1S/C24H36N2O3.C2H2O4/c1-24(2)19-8-7-18(23(24)13-19)16-29-17-21(27)15-25-9-11-26(12-10-25)20-5-4-6-22(14-20)28-3;3-1(4)2(5)6/h4-7,14,19,21,23,27H,8-13,15-17H2,1-3H3;(H,3,4)(H,5,6). The fourth-order valence-electron chi connectivity index (χ4n) is 5.30. The second kappa shape index (κ2) is 11.9. The number of rotatable bonds is 8. The van der Waals surface area contributed by atoms with Gasteiger partial charge in [-0.1, -0.05) is 26.0 Å². The van der Waals surface area contributed by atoms with Crippen LogP contribution in [0.5, 0.6) is 5.75 Å². The summed E-state index contributed by atoms with van der Waals surface area (Å²) in [4.78, 5) is 22.9. The summed E-state index contributed by atoms with van der Waals surface area (Å²) in [5.74, 6) is -1.21. The molecule has 1 aliphatic heterocycles. The first kappa shape index (κ1) is 27.0. The van der Waals surface area contributed by atoms with Gasteiger partial charge in [-0.05, 0) is 47.8 Å². The third-order valence-electron chi connectivity index (χ3n) is 7.60.